The minimum atomic E-state index is -0.381. The first-order chi connectivity index (χ1) is 13.2. The largest absolute Gasteiger partial charge is 0.449 e. The number of carbonyl (C=O) groups excluding carboxylic acids is 1. The highest BCUT2D eigenvalue weighted by atomic mass is 16.5. The van der Waals surface area contributed by atoms with Crippen LogP contribution in [0.4, 0.5) is 4.79 Å². The molecule has 0 saturated heterocycles. The fourth-order valence-corrected chi connectivity index (χ4v) is 5.52. The molecule has 2 N–H and O–H groups in total. The lowest BCUT2D eigenvalue weighted by Crippen LogP contribution is -2.42. The molecular formula is C23H25NO3. The Morgan fingerprint density at radius 2 is 1.78 bits per heavy atom. The Bertz CT molecular complexity index is 834. The normalized spacial score (nSPS) is 28.0. The van der Waals surface area contributed by atoms with Crippen LogP contribution < -0.4 is 5.32 Å². The summed E-state index contributed by atoms with van der Waals surface area (Å²) in [7, 11) is 0. The molecule has 0 aliphatic heterocycles. The van der Waals surface area contributed by atoms with Crippen LogP contribution in [0.1, 0.15) is 42.7 Å². The summed E-state index contributed by atoms with van der Waals surface area (Å²) in [5, 5.41) is 13.2. The topological polar surface area (TPSA) is 58.6 Å². The molecule has 5 rings (SSSR count). The quantitative estimate of drug-likeness (QED) is 0.861. The van der Waals surface area contributed by atoms with E-state index in [1.807, 2.05) is 24.3 Å². The Balaban J connectivity index is 1.25. The fourth-order valence-electron chi connectivity index (χ4n) is 5.52. The number of fused-ring (bicyclic) bond motifs is 5. The van der Waals surface area contributed by atoms with Crippen LogP contribution in [0.15, 0.2) is 48.5 Å². The second-order valence-electron chi connectivity index (χ2n) is 8.40. The molecular weight excluding hydrogens is 338 g/mol. The third-order valence-electron chi connectivity index (χ3n) is 6.94. The molecule has 2 aromatic carbocycles. The van der Waals surface area contributed by atoms with Gasteiger partial charge in [0.2, 0.25) is 0 Å². The highest BCUT2D eigenvalue weighted by Gasteiger charge is 2.51. The number of alkyl carbamates (subject to hydrolysis) is 1. The number of ether oxygens (including phenoxy) is 1. The van der Waals surface area contributed by atoms with Gasteiger partial charge in [0.25, 0.3) is 0 Å². The third-order valence-corrected chi connectivity index (χ3v) is 6.94. The van der Waals surface area contributed by atoms with Crippen molar-refractivity contribution in [2.24, 2.45) is 11.3 Å². The number of aliphatic hydroxyl groups is 1. The van der Waals surface area contributed by atoms with Crippen LogP contribution in [0.25, 0.3) is 11.1 Å². The van der Waals surface area contributed by atoms with Gasteiger partial charge >= 0.3 is 6.09 Å². The SMILES string of the molecule is O=C(NCC12CCC(CC1O)C2)OCC1c2ccccc2-c2ccccc21. The summed E-state index contributed by atoms with van der Waals surface area (Å²) in [5.74, 6) is 0.707. The maximum atomic E-state index is 12.3. The van der Waals surface area contributed by atoms with E-state index < -0.39 is 0 Å². The van der Waals surface area contributed by atoms with Crippen molar-refractivity contribution in [3.8, 4) is 11.1 Å². The minimum Gasteiger partial charge on any atom is -0.449 e. The zero-order valence-electron chi connectivity index (χ0n) is 15.4. The monoisotopic (exact) mass is 363 g/mol. The molecule has 2 saturated carbocycles. The number of aliphatic hydroxyl groups excluding tert-OH is 1. The Morgan fingerprint density at radius 3 is 2.37 bits per heavy atom. The van der Waals surface area contributed by atoms with Crippen LogP contribution in [0.2, 0.25) is 0 Å². The van der Waals surface area contributed by atoms with Crippen molar-refractivity contribution in [3.05, 3.63) is 59.7 Å². The smallest absolute Gasteiger partial charge is 0.407 e. The van der Waals surface area contributed by atoms with Gasteiger partial charge in [-0.25, -0.2) is 4.79 Å². The minimum absolute atomic E-state index is 0.0780. The van der Waals surface area contributed by atoms with Crippen LogP contribution in [-0.2, 0) is 4.74 Å². The van der Waals surface area contributed by atoms with E-state index in [0.29, 0.717) is 19.1 Å². The summed E-state index contributed by atoms with van der Waals surface area (Å²) >= 11 is 0. The molecule has 3 aliphatic rings. The molecule has 2 bridgehead atoms. The van der Waals surface area contributed by atoms with E-state index in [9.17, 15) is 9.90 Å². The van der Waals surface area contributed by atoms with E-state index in [0.717, 1.165) is 19.3 Å². The summed E-state index contributed by atoms with van der Waals surface area (Å²) < 4.78 is 5.61. The number of benzene rings is 2. The zero-order chi connectivity index (χ0) is 18.4. The lowest BCUT2D eigenvalue weighted by molar-refractivity contribution is 0.0392. The Labute approximate surface area is 159 Å². The second kappa shape index (κ2) is 6.38. The van der Waals surface area contributed by atoms with Gasteiger partial charge < -0.3 is 15.2 Å². The van der Waals surface area contributed by atoms with Gasteiger partial charge in [-0.2, -0.15) is 0 Å². The predicted octanol–water partition coefficient (Wildman–Crippen LogP) is 4.08. The predicted molar refractivity (Wildman–Crippen MR) is 103 cm³/mol. The highest BCUT2D eigenvalue weighted by molar-refractivity contribution is 5.79. The van der Waals surface area contributed by atoms with Crippen molar-refractivity contribution in [3.63, 3.8) is 0 Å². The maximum absolute atomic E-state index is 12.3. The van der Waals surface area contributed by atoms with E-state index in [4.69, 9.17) is 4.74 Å². The summed E-state index contributed by atoms with van der Waals surface area (Å²) in [5.41, 5.74) is 4.76. The van der Waals surface area contributed by atoms with Crippen molar-refractivity contribution >= 4 is 6.09 Å². The first kappa shape index (κ1) is 16.8. The standard InChI is InChI=1S/C23H25NO3/c25-21-11-15-9-10-23(21,12-15)14-24-22(26)27-13-20-18-7-3-1-5-16(18)17-6-2-4-8-19(17)20/h1-8,15,20-21,25H,9-14H2,(H,24,26). The van der Waals surface area contributed by atoms with E-state index >= 15 is 0 Å². The lowest BCUT2D eigenvalue weighted by atomic mass is 9.82. The average Bonchev–Trinajstić information content (AvgIpc) is 3.34. The van der Waals surface area contributed by atoms with Crippen LogP contribution in [0.3, 0.4) is 0 Å². The molecule has 2 aromatic rings. The van der Waals surface area contributed by atoms with Crippen molar-refractivity contribution in [2.75, 3.05) is 13.2 Å². The van der Waals surface area contributed by atoms with Gasteiger partial charge in [0, 0.05) is 17.9 Å². The molecule has 3 unspecified atom stereocenters. The average molecular weight is 363 g/mol. The van der Waals surface area contributed by atoms with Crippen molar-refractivity contribution in [1.29, 1.82) is 0 Å². The molecule has 1 amide bonds. The molecule has 3 aliphatic carbocycles. The zero-order valence-corrected chi connectivity index (χ0v) is 15.4. The Kier molecular flexibility index (Phi) is 3.97. The molecule has 0 heterocycles. The maximum Gasteiger partial charge on any atom is 0.407 e. The molecule has 3 atom stereocenters. The van der Waals surface area contributed by atoms with E-state index in [1.54, 1.807) is 0 Å². The fraction of sp³-hybridized carbons (Fsp3) is 0.435. The highest BCUT2D eigenvalue weighted by Crippen LogP contribution is 2.53. The summed E-state index contributed by atoms with van der Waals surface area (Å²) in [6, 6.07) is 16.7. The number of amides is 1. The number of hydrogen-bond donors (Lipinski definition) is 2. The summed E-state index contributed by atoms with van der Waals surface area (Å²) in [6.07, 6.45) is 3.41. The van der Waals surface area contributed by atoms with Crippen molar-refractivity contribution < 1.29 is 14.6 Å². The molecule has 0 aromatic heterocycles. The molecule has 0 radical (unpaired) electrons. The van der Waals surface area contributed by atoms with Crippen LogP contribution in [0.5, 0.6) is 0 Å². The number of hydrogen-bond acceptors (Lipinski definition) is 3. The summed E-state index contributed by atoms with van der Waals surface area (Å²) in [6.45, 7) is 0.847. The van der Waals surface area contributed by atoms with Gasteiger partial charge in [-0.1, -0.05) is 48.5 Å². The van der Waals surface area contributed by atoms with Crippen molar-refractivity contribution in [2.45, 2.75) is 37.7 Å². The Morgan fingerprint density at radius 1 is 1.11 bits per heavy atom. The molecule has 27 heavy (non-hydrogen) atoms. The van der Waals surface area contributed by atoms with Crippen LogP contribution in [-0.4, -0.2) is 30.5 Å². The molecule has 0 spiro atoms. The second-order valence-corrected chi connectivity index (χ2v) is 8.40. The lowest BCUT2D eigenvalue weighted by Gasteiger charge is -2.31. The first-order valence-electron chi connectivity index (χ1n) is 9.93. The van der Waals surface area contributed by atoms with Crippen molar-refractivity contribution in [1.82, 2.24) is 5.32 Å². The van der Waals surface area contributed by atoms with E-state index in [1.165, 1.54) is 28.7 Å². The molecule has 2 fully saturated rings. The van der Waals surface area contributed by atoms with Gasteiger partial charge in [-0.05, 0) is 53.9 Å². The van der Waals surface area contributed by atoms with Gasteiger partial charge in [0.05, 0.1) is 6.10 Å². The molecule has 4 nitrogen and oxygen atoms in total. The van der Waals surface area contributed by atoms with Crippen LogP contribution in [0, 0.1) is 11.3 Å². The van der Waals surface area contributed by atoms with Gasteiger partial charge in [0.1, 0.15) is 6.61 Å². The van der Waals surface area contributed by atoms with Gasteiger partial charge in [-0.15, -0.1) is 0 Å². The van der Waals surface area contributed by atoms with Crippen LogP contribution >= 0.6 is 0 Å². The van der Waals surface area contributed by atoms with E-state index in [-0.39, 0.29) is 23.5 Å². The number of rotatable bonds is 4. The van der Waals surface area contributed by atoms with Gasteiger partial charge in [0.15, 0.2) is 0 Å². The third kappa shape index (κ3) is 2.74. The molecule has 140 valence electrons. The number of nitrogens with one attached hydrogen (secondary N) is 1. The van der Waals surface area contributed by atoms with E-state index in [2.05, 4.69) is 29.6 Å². The number of carbonyl (C=O) groups is 1. The molecule has 4 heteroatoms. The summed E-state index contributed by atoms with van der Waals surface area (Å²) in [4.78, 5) is 12.3. The first-order valence-corrected chi connectivity index (χ1v) is 9.93. The Hall–Kier alpha value is -2.33. The van der Waals surface area contributed by atoms with Gasteiger partial charge in [-0.3, -0.25) is 0 Å².